The first kappa shape index (κ1) is 16.0. The Hall–Kier alpha value is -2.38. The molecule has 0 aromatic heterocycles. The van der Waals surface area contributed by atoms with E-state index < -0.39 is 0 Å². The summed E-state index contributed by atoms with van der Waals surface area (Å²) in [6, 6.07) is 14.7. The molecule has 0 fully saturated rings. The molecule has 0 aliphatic rings. The average molecular weight is 317 g/mol. The van der Waals surface area contributed by atoms with Crippen molar-refractivity contribution in [2.24, 2.45) is 0 Å². The predicted molar refractivity (Wildman–Crippen MR) is 87.7 cm³/mol. The Balaban J connectivity index is 2.00. The second kappa shape index (κ2) is 7.58. The third-order valence-corrected chi connectivity index (χ3v) is 3.31. The molecule has 0 saturated carbocycles. The highest BCUT2D eigenvalue weighted by Crippen LogP contribution is 2.27. The molecule has 22 heavy (non-hydrogen) atoms. The fraction of sp³-hybridized carbons (Fsp3) is 0.235. The van der Waals surface area contributed by atoms with Gasteiger partial charge >= 0.3 is 0 Å². The Morgan fingerprint density at radius 3 is 2.64 bits per heavy atom. The first-order chi connectivity index (χ1) is 10.6. The number of benzene rings is 2. The molecule has 5 heteroatoms. The van der Waals surface area contributed by atoms with Crippen LogP contribution in [0.25, 0.3) is 0 Å². The molecule has 0 bridgehead atoms. The molecular formula is C17H17ClN2O2. The Bertz CT molecular complexity index is 683. The molecule has 1 atom stereocenters. The number of hydrogen-bond acceptors (Lipinski definition) is 4. The van der Waals surface area contributed by atoms with Gasteiger partial charge in [-0.25, -0.2) is 0 Å². The van der Waals surface area contributed by atoms with E-state index in [1.807, 2.05) is 31.2 Å². The zero-order valence-electron chi connectivity index (χ0n) is 12.5. The van der Waals surface area contributed by atoms with Crippen LogP contribution < -0.4 is 14.8 Å². The van der Waals surface area contributed by atoms with Crippen molar-refractivity contribution < 1.29 is 9.47 Å². The topological polar surface area (TPSA) is 54.3 Å². The van der Waals surface area contributed by atoms with Crippen LogP contribution in [0.3, 0.4) is 0 Å². The van der Waals surface area contributed by atoms with Gasteiger partial charge in [0.15, 0.2) is 11.5 Å². The summed E-state index contributed by atoms with van der Waals surface area (Å²) in [4.78, 5) is 0. The first-order valence-corrected chi connectivity index (χ1v) is 7.25. The lowest BCUT2D eigenvalue weighted by Gasteiger charge is -2.18. The van der Waals surface area contributed by atoms with Gasteiger partial charge in [0.2, 0.25) is 0 Å². The quantitative estimate of drug-likeness (QED) is 0.871. The lowest BCUT2D eigenvalue weighted by Crippen LogP contribution is -2.23. The van der Waals surface area contributed by atoms with E-state index >= 15 is 0 Å². The van der Waals surface area contributed by atoms with Crippen LogP contribution in [0.4, 0.5) is 5.69 Å². The van der Waals surface area contributed by atoms with E-state index in [4.69, 9.17) is 26.3 Å². The van der Waals surface area contributed by atoms with Gasteiger partial charge in [-0.15, -0.1) is 0 Å². The fourth-order valence-electron chi connectivity index (χ4n) is 1.99. The van der Waals surface area contributed by atoms with Crippen molar-refractivity contribution in [3.8, 4) is 17.6 Å². The summed E-state index contributed by atoms with van der Waals surface area (Å²) < 4.78 is 11.1. The Morgan fingerprint density at radius 1 is 1.23 bits per heavy atom. The molecule has 2 aromatic rings. The van der Waals surface area contributed by atoms with Crippen molar-refractivity contribution in [3.05, 3.63) is 53.1 Å². The zero-order valence-corrected chi connectivity index (χ0v) is 13.2. The van der Waals surface area contributed by atoms with Gasteiger partial charge in [-0.05, 0) is 37.3 Å². The maximum Gasteiger partial charge on any atom is 0.161 e. The van der Waals surface area contributed by atoms with Gasteiger partial charge < -0.3 is 14.8 Å². The number of nitrogens with one attached hydrogen (secondary N) is 1. The van der Waals surface area contributed by atoms with Gasteiger partial charge in [-0.1, -0.05) is 23.7 Å². The van der Waals surface area contributed by atoms with Crippen LogP contribution in [-0.2, 0) is 0 Å². The SMILES string of the molecule is COc1ccccc1OC(C)CNc1cc(Cl)ccc1C#N. The molecule has 2 rings (SSSR count). The number of para-hydroxylation sites is 2. The number of rotatable bonds is 6. The minimum Gasteiger partial charge on any atom is -0.493 e. The summed E-state index contributed by atoms with van der Waals surface area (Å²) in [5, 5.41) is 12.9. The third-order valence-electron chi connectivity index (χ3n) is 3.08. The van der Waals surface area contributed by atoms with Crippen LogP contribution in [0.5, 0.6) is 11.5 Å². The number of anilines is 1. The minimum atomic E-state index is -0.109. The third kappa shape index (κ3) is 4.06. The van der Waals surface area contributed by atoms with Crippen LogP contribution in [0.2, 0.25) is 5.02 Å². The molecule has 0 aliphatic carbocycles. The number of nitriles is 1. The van der Waals surface area contributed by atoms with E-state index in [-0.39, 0.29) is 6.10 Å². The Kier molecular flexibility index (Phi) is 5.51. The molecule has 0 saturated heterocycles. The van der Waals surface area contributed by atoms with E-state index in [1.54, 1.807) is 25.3 Å². The van der Waals surface area contributed by atoms with Crippen LogP contribution in [0.1, 0.15) is 12.5 Å². The van der Waals surface area contributed by atoms with E-state index in [0.29, 0.717) is 34.3 Å². The summed E-state index contributed by atoms with van der Waals surface area (Å²) in [5.74, 6) is 1.38. The fourth-order valence-corrected chi connectivity index (χ4v) is 2.16. The predicted octanol–water partition coefficient (Wildman–Crippen LogP) is 4.10. The van der Waals surface area contributed by atoms with Crippen molar-refractivity contribution in [2.45, 2.75) is 13.0 Å². The van der Waals surface area contributed by atoms with Crippen LogP contribution in [-0.4, -0.2) is 19.8 Å². The van der Waals surface area contributed by atoms with Crippen LogP contribution >= 0.6 is 11.6 Å². The monoisotopic (exact) mass is 316 g/mol. The van der Waals surface area contributed by atoms with Gasteiger partial charge in [-0.2, -0.15) is 5.26 Å². The second-order valence-corrected chi connectivity index (χ2v) is 5.20. The highest BCUT2D eigenvalue weighted by Gasteiger charge is 2.10. The average Bonchev–Trinajstić information content (AvgIpc) is 2.53. The molecule has 0 heterocycles. The van der Waals surface area contributed by atoms with Gasteiger partial charge in [0, 0.05) is 5.02 Å². The summed E-state index contributed by atoms with van der Waals surface area (Å²) in [6.07, 6.45) is -0.109. The second-order valence-electron chi connectivity index (χ2n) is 4.76. The molecule has 0 radical (unpaired) electrons. The van der Waals surface area contributed by atoms with E-state index in [9.17, 15) is 0 Å². The molecule has 2 aromatic carbocycles. The van der Waals surface area contributed by atoms with Crippen molar-refractivity contribution in [1.29, 1.82) is 5.26 Å². The van der Waals surface area contributed by atoms with E-state index in [1.165, 1.54) is 0 Å². The largest absolute Gasteiger partial charge is 0.493 e. The van der Waals surface area contributed by atoms with Gasteiger partial charge in [0.25, 0.3) is 0 Å². The molecule has 114 valence electrons. The lowest BCUT2D eigenvalue weighted by molar-refractivity contribution is 0.223. The molecule has 4 nitrogen and oxygen atoms in total. The Morgan fingerprint density at radius 2 is 1.95 bits per heavy atom. The molecule has 1 N–H and O–H groups in total. The first-order valence-electron chi connectivity index (χ1n) is 6.87. The summed E-state index contributed by atoms with van der Waals surface area (Å²) >= 11 is 5.96. The molecule has 0 aliphatic heterocycles. The molecule has 0 spiro atoms. The van der Waals surface area contributed by atoms with Crippen LogP contribution in [0, 0.1) is 11.3 Å². The number of halogens is 1. The highest BCUT2D eigenvalue weighted by atomic mass is 35.5. The van der Waals surface area contributed by atoms with E-state index in [0.717, 1.165) is 0 Å². The van der Waals surface area contributed by atoms with Gasteiger partial charge in [0.1, 0.15) is 12.2 Å². The summed E-state index contributed by atoms with van der Waals surface area (Å²) in [7, 11) is 1.61. The van der Waals surface area contributed by atoms with Crippen molar-refractivity contribution in [1.82, 2.24) is 0 Å². The zero-order chi connectivity index (χ0) is 15.9. The highest BCUT2D eigenvalue weighted by molar-refractivity contribution is 6.30. The van der Waals surface area contributed by atoms with Gasteiger partial charge in [-0.3, -0.25) is 0 Å². The van der Waals surface area contributed by atoms with Crippen LogP contribution in [0.15, 0.2) is 42.5 Å². The molecular weight excluding hydrogens is 300 g/mol. The normalized spacial score (nSPS) is 11.4. The standard InChI is InChI=1S/C17H17ClN2O2/c1-12(22-17-6-4-3-5-16(17)21-2)11-20-15-9-14(18)8-7-13(15)10-19/h3-9,12,20H,11H2,1-2H3. The number of methoxy groups -OCH3 is 1. The maximum absolute atomic E-state index is 9.10. The lowest BCUT2D eigenvalue weighted by atomic mass is 10.2. The smallest absolute Gasteiger partial charge is 0.161 e. The van der Waals surface area contributed by atoms with Crippen molar-refractivity contribution in [2.75, 3.05) is 19.0 Å². The summed E-state index contributed by atoms with van der Waals surface area (Å²) in [5.41, 5.74) is 1.25. The minimum absolute atomic E-state index is 0.109. The molecule has 0 amide bonds. The van der Waals surface area contributed by atoms with Crippen molar-refractivity contribution >= 4 is 17.3 Å². The molecule has 1 unspecified atom stereocenters. The van der Waals surface area contributed by atoms with Gasteiger partial charge in [0.05, 0.1) is 24.9 Å². The number of ether oxygens (including phenoxy) is 2. The number of hydrogen-bond donors (Lipinski definition) is 1. The maximum atomic E-state index is 9.10. The van der Waals surface area contributed by atoms with E-state index in [2.05, 4.69) is 11.4 Å². The van der Waals surface area contributed by atoms with Crippen molar-refractivity contribution in [3.63, 3.8) is 0 Å². The summed E-state index contributed by atoms with van der Waals surface area (Å²) in [6.45, 7) is 2.48. The number of nitrogens with zero attached hydrogens (tertiary/aromatic N) is 1. The Labute approximate surface area is 135 Å².